The Hall–Kier alpha value is -6.67. The second-order valence-corrected chi connectivity index (χ2v) is 11.5. The number of pyridine rings is 1. The minimum Gasteiger partial charge on any atom is -0.497 e. The summed E-state index contributed by atoms with van der Waals surface area (Å²) in [5.41, 5.74) is 6.69. The third kappa shape index (κ3) is 4.13. The lowest BCUT2D eigenvalue weighted by Gasteiger charge is -2.50. The molecule has 0 N–H and O–H groups in total. The number of carbonyl (C=O) groups excluding carboxylic acids is 1. The van der Waals surface area contributed by atoms with Crippen molar-refractivity contribution >= 4 is 28.3 Å². The molecule has 2 aromatic heterocycles. The van der Waals surface area contributed by atoms with Gasteiger partial charge < -0.3 is 9.47 Å². The summed E-state index contributed by atoms with van der Waals surface area (Å²) in [6.45, 7) is 0. The molecule has 4 aromatic carbocycles. The Morgan fingerprint density at radius 2 is 1.60 bits per heavy atom. The van der Waals surface area contributed by atoms with Crippen molar-refractivity contribution in [3.63, 3.8) is 0 Å². The van der Waals surface area contributed by atoms with Gasteiger partial charge in [0.2, 0.25) is 11.8 Å². The molecule has 1 amide bonds. The van der Waals surface area contributed by atoms with Gasteiger partial charge in [0.05, 0.1) is 53.7 Å². The van der Waals surface area contributed by atoms with Crippen LogP contribution in [0.15, 0.2) is 97.1 Å². The first-order chi connectivity index (χ1) is 23.4. The van der Waals surface area contributed by atoms with E-state index >= 15 is 0 Å². The number of amides is 1. The number of rotatable bonds is 6. The third-order valence-electron chi connectivity index (χ3n) is 9.03. The minimum atomic E-state index is -0.923. The van der Waals surface area contributed by atoms with Crippen LogP contribution in [0.25, 0.3) is 44.7 Å². The molecule has 1 aliphatic carbocycles. The molecule has 1 fully saturated rings. The number of nitro benzene ring substituents is 1. The lowest BCUT2D eigenvalue weighted by Crippen LogP contribution is -2.61. The number of nitrogens with zero attached hydrogens (tertiary/aromatic N) is 6. The van der Waals surface area contributed by atoms with E-state index in [0.29, 0.717) is 50.7 Å². The van der Waals surface area contributed by atoms with Gasteiger partial charge in [0.1, 0.15) is 22.9 Å². The Morgan fingerprint density at radius 3 is 2.29 bits per heavy atom. The Morgan fingerprint density at radius 1 is 0.854 bits per heavy atom. The van der Waals surface area contributed by atoms with E-state index in [1.165, 1.54) is 19.2 Å². The average Bonchev–Trinajstić information content (AvgIpc) is 3.40. The highest BCUT2D eigenvalue weighted by Gasteiger charge is 2.60. The molecule has 0 radical (unpaired) electrons. The number of β-lactam (4-membered cyclic amide) rings is 1. The van der Waals surface area contributed by atoms with Crippen molar-refractivity contribution in [2.45, 2.75) is 12.0 Å². The summed E-state index contributed by atoms with van der Waals surface area (Å²) in [4.78, 5) is 40.7. The fraction of sp³-hybridized carbons (Fsp3) is 0.108. The SMILES string of the molecule is COc1ccc(-c2cc(-c3ccc(N4C(=O)CC45c4ccccc4-c4nc6ccc([N+](=O)[O-])cc6nc45)cc3)nc(OC)c2C#N)cc1. The van der Waals surface area contributed by atoms with Crippen molar-refractivity contribution in [3.8, 4) is 51.3 Å². The van der Waals surface area contributed by atoms with Crippen molar-refractivity contribution in [2.24, 2.45) is 0 Å². The Bertz CT molecular complexity index is 2370. The molecular weight excluding hydrogens is 608 g/mol. The van der Waals surface area contributed by atoms with Crippen LogP contribution in [-0.4, -0.2) is 40.0 Å². The molecule has 11 heteroatoms. The Labute approximate surface area is 273 Å². The number of nitriles is 1. The largest absolute Gasteiger partial charge is 0.497 e. The number of ether oxygens (including phenoxy) is 2. The Kier molecular flexibility index (Phi) is 6.42. The number of hydrogen-bond acceptors (Lipinski definition) is 9. The van der Waals surface area contributed by atoms with Crippen molar-refractivity contribution < 1.29 is 19.2 Å². The quantitative estimate of drug-likeness (QED) is 0.110. The van der Waals surface area contributed by atoms with Gasteiger partial charge >= 0.3 is 0 Å². The van der Waals surface area contributed by atoms with Gasteiger partial charge in [-0.25, -0.2) is 15.0 Å². The number of carbonyl (C=O) groups is 1. The molecule has 2 aliphatic rings. The first-order valence-corrected chi connectivity index (χ1v) is 15.0. The van der Waals surface area contributed by atoms with Gasteiger partial charge in [-0.2, -0.15) is 5.26 Å². The smallest absolute Gasteiger partial charge is 0.271 e. The van der Waals surface area contributed by atoms with Crippen molar-refractivity contribution in [2.75, 3.05) is 19.1 Å². The van der Waals surface area contributed by atoms with Gasteiger partial charge in [-0.15, -0.1) is 0 Å². The van der Waals surface area contributed by atoms with E-state index in [2.05, 4.69) is 11.1 Å². The van der Waals surface area contributed by atoms with Gasteiger partial charge in [-0.3, -0.25) is 19.8 Å². The molecule has 0 bridgehead atoms. The average molecular weight is 633 g/mol. The summed E-state index contributed by atoms with van der Waals surface area (Å²) in [6.07, 6.45) is 0.174. The minimum absolute atomic E-state index is 0.0818. The van der Waals surface area contributed by atoms with Gasteiger partial charge in [0.25, 0.3) is 5.69 Å². The van der Waals surface area contributed by atoms with Crippen LogP contribution in [0.4, 0.5) is 11.4 Å². The standard InChI is InChI=1S/C37H24N6O5/c1-47-25-14-9-21(10-15-25)27-18-31(41-36(48-2)28(27)20-38)22-7-11-23(12-8-22)42-33(44)19-37(42)29-6-4-3-5-26(29)34-35(37)40-32-17-24(43(45)46)13-16-30(32)39-34/h3-18H,19H2,1-2H3. The van der Waals surface area contributed by atoms with Crippen LogP contribution >= 0.6 is 0 Å². The molecule has 1 spiro atoms. The lowest BCUT2D eigenvalue weighted by atomic mass is 9.77. The van der Waals surface area contributed by atoms with E-state index in [4.69, 9.17) is 19.4 Å². The zero-order valence-electron chi connectivity index (χ0n) is 25.7. The molecule has 6 aromatic rings. The van der Waals surface area contributed by atoms with Gasteiger partial charge in [-0.1, -0.05) is 48.5 Å². The van der Waals surface area contributed by atoms with E-state index in [1.807, 2.05) is 78.9 Å². The van der Waals surface area contributed by atoms with Gasteiger partial charge in [-0.05, 0) is 47.5 Å². The van der Waals surface area contributed by atoms with E-state index in [0.717, 1.165) is 22.3 Å². The Balaban J connectivity index is 1.22. The zero-order chi connectivity index (χ0) is 33.2. The highest BCUT2D eigenvalue weighted by atomic mass is 16.6. The number of non-ortho nitro benzene ring substituents is 1. The molecule has 1 unspecified atom stereocenters. The highest BCUT2D eigenvalue weighted by Crippen LogP contribution is 2.57. The van der Waals surface area contributed by atoms with E-state index in [1.54, 1.807) is 18.1 Å². The van der Waals surface area contributed by atoms with Crippen LogP contribution in [0.3, 0.4) is 0 Å². The van der Waals surface area contributed by atoms with E-state index in [9.17, 15) is 20.2 Å². The summed E-state index contributed by atoms with van der Waals surface area (Å²) in [7, 11) is 3.07. The number of hydrogen-bond donors (Lipinski definition) is 0. The van der Waals surface area contributed by atoms with Crippen molar-refractivity contribution in [1.29, 1.82) is 5.26 Å². The fourth-order valence-electron chi connectivity index (χ4n) is 6.78. The summed E-state index contributed by atoms with van der Waals surface area (Å²) >= 11 is 0. The van der Waals surface area contributed by atoms with Gasteiger partial charge in [0, 0.05) is 34.5 Å². The van der Waals surface area contributed by atoms with Crippen LogP contribution in [0.5, 0.6) is 11.6 Å². The molecule has 8 rings (SSSR count). The number of fused-ring (bicyclic) bond motifs is 6. The third-order valence-corrected chi connectivity index (χ3v) is 9.03. The maximum atomic E-state index is 13.5. The molecule has 1 aliphatic heterocycles. The summed E-state index contributed by atoms with van der Waals surface area (Å²) in [6, 6.07) is 31.1. The maximum Gasteiger partial charge on any atom is 0.271 e. The van der Waals surface area contributed by atoms with Crippen molar-refractivity contribution in [3.05, 3.63) is 124 Å². The first-order valence-electron chi connectivity index (χ1n) is 15.0. The molecule has 0 saturated carbocycles. The maximum absolute atomic E-state index is 13.5. The van der Waals surface area contributed by atoms with Crippen molar-refractivity contribution in [1.82, 2.24) is 15.0 Å². The molecule has 3 heterocycles. The van der Waals surface area contributed by atoms with Crippen LogP contribution in [0.2, 0.25) is 0 Å². The van der Waals surface area contributed by atoms with Crippen LogP contribution in [0, 0.1) is 21.4 Å². The summed E-state index contributed by atoms with van der Waals surface area (Å²) in [5.74, 6) is 0.804. The van der Waals surface area contributed by atoms with E-state index in [-0.39, 0.29) is 23.9 Å². The number of methoxy groups -OCH3 is 2. The highest BCUT2D eigenvalue weighted by molar-refractivity contribution is 6.07. The first kappa shape index (κ1) is 28.8. The molecule has 1 saturated heterocycles. The lowest BCUT2D eigenvalue weighted by molar-refractivity contribution is -0.384. The monoisotopic (exact) mass is 632 g/mol. The molecule has 11 nitrogen and oxygen atoms in total. The van der Waals surface area contributed by atoms with Crippen LogP contribution in [-0.2, 0) is 10.3 Å². The number of nitro groups is 1. The normalized spacial score (nSPS) is 15.9. The second kappa shape index (κ2) is 10.7. The molecule has 48 heavy (non-hydrogen) atoms. The van der Waals surface area contributed by atoms with E-state index < -0.39 is 10.5 Å². The number of aromatic nitrogens is 3. The van der Waals surface area contributed by atoms with Crippen LogP contribution in [0.1, 0.15) is 23.2 Å². The topological polar surface area (TPSA) is 144 Å². The number of benzene rings is 4. The predicted octanol–water partition coefficient (Wildman–Crippen LogP) is 6.82. The molecular formula is C37H24N6O5. The predicted molar refractivity (Wildman–Crippen MR) is 177 cm³/mol. The van der Waals surface area contributed by atoms with Gasteiger partial charge in [0.15, 0.2) is 0 Å². The zero-order valence-corrected chi connectivity index (χ0v) is 25.7. The molecule has 1 atom stereocenters. The molecule has 232 valence electrons. The summed E-state index contributed by atoms with van der Waals surface area (Å²) < 4.78 is 10.8. The van der Waals surface area contributed by atoms with Crippen LogP contribution < -0.4 is 14.4 Å². The fourth-order valence-corrected chi connectivity index (χ4v) is 6.78. The number of anilines is 1. The summed E-state index contributed by atoms with van der Waals surface area (Å²) in [5, 5.41) is 21.5. The second-order valence-electron chi connectivity index (χ2n) is 11.5.